The molecule has 1 saturated heterocycles. The molecule has 14 nitrogen and oxygen atoms in total. The monoisotopic (exact) mass is 735 g/mol. The van der Waals surface area contributed by atoms with Crippen LogP contribution in [0.25, 0.3) is 0 Å². The lowest BCUT2D eigenvalue weighted by atomic mass is 9.86. The highest BCUT2D eigenvalue weighted by Crippen LogP contribution is 2.36. The zero-order chi connectivity index (χ0) is 37.3. The number of anilines is 2. The summed E-state index contributed by atoms with van der Waals surface area (Å²) in [5.41, 5.74) is 0.534. The van der Waals surface area contributed by atoms with Gasteiger partial charge in [0.15, 0.2) is 0 Å². The molecule has 5 N–H and O–H groups in total. The number of benzene rings is 1. The van der Waals surface area contributed by atoms with E-state index in [4.69, 9.17) is 9.90 Å². The lowest BCUT2D eigenvalue weighted by Gasteiger charge is -2.31. The van der Waals surface area contributed by atoms with E-state index < -0.39 is 45.8 Å². The van der Waals surface area contributed by atoms with Gasteiger partial charge in [0.2, 0.25) is 27.8 Å². The van der Waals surface area contributed by atoms with E-state index in [0.29, 0.717) is 25.1 Å². The van der Waals surface area contributed by atoms with Gasteiger partial charge in [-0.1, -0.05) is 12.1 Å². The first kappa shape index (κ1) is 40.0. The molecule has 0 radical (unpaired) electrons. The Morgan fingerprint density at radius 1 is 1.08 bits per heavy atom. The van der Waals surface area contributed by atoms with Crippen LogP contribution in [0.4, 0.5) is 33.3 Å². The van der Waals surface area contributed by atoms with E-state index in [0.717, 1.165) is 0 Å². The van der Waals surface area contributed by atoms with Crippen molar-refractivity contribution in [2.45, 2.75) is 61.6 Å². The van der Waals surface area contributed by atoms with Crippen molar-refractivity contribution in [3.63, 3.8) is 0 Å². The molecule has 2 aromatic rings. The highest BCUT2D eigenvalue weighted by atomic mass is 32.2. The Morgan fingerprint density at radius 2 is 1.70 bits per heavy atom. The van der Waals surface area contributed by atoms with Crippen LogP contribution in [0.3, 0.4) is 0 Å². The second kappa shape index (κ2) is 17.0. The molecule has 1 aromatic carbocycles. The summed E-state index contributed by atoms with van der Waals surface area (Å²) in [6.07, 6.45) is -0.583. The number of carboxylic acid groups (broad SMARTS) is 1. The first-order chi connectivity index (χ1) is 23.3. The number of hydrogen-bond donors (Lipinski definition) is 5. The number of alkyl halides is 5. The molecule has 4 rings (SSSR count). The number of piperidine rings is 1. The lowest BCUT2D eigenvalue weighted by Crippen LogP contribution is -2.46. The first-order valence-electron chi connectivity index (χ1n) is 15.3. The molecule has 0 unspecified atom stereocenters. The molecule has 3 amide bonds. The van der Waals surface area contributed by atoms with E-state index in [1.165, 1.54) is 28.7 Å². The molecular weight excluding hydrogens is 697 g/mol. The SMILES string of the molecule is CN(C)C/C=C/C(=O)Nc1cccc(S(=O)(=O)N2CCC(NC(=O)c3[nH]ncc3NC(=O)C3CCC(F)(F)CC3)CC2)c1.O=C(O)C(F)(F)F. The zero-order valence-electron chi connectivity index (χ0n) is 27.1. The molecule has 276 valence electrons. The normalized spacial score (nSPS) is 17.5. The fourth-order valence-corrected chi connectivity index (χ4v) is 6.54. The number of nitrogens with one attached hydrogen (secondary N) is 4. The van der Waals surface area contributed by atoms with Crippen LogP contribution in [0.5, 0.6) is 0 Å². The van der Waals surface area contributed by atoms with E-state index >= 15 is 0 Å². The molecule has 20 heteroatoms. The van der Waals surface area contributed by atoms with Gasteiger partial charge in [0, 0.05) is 56.2 Å². The number of H-pyrrole nitrogens is 1. The molecule has 0 spiro atoms. The van der Waals surface area contributed by atoms with Gasteiger partial charge in [-0.2, -0.15) is 22.6 Å². The zero-order valence-corrected chi connectivity index (χ0v) is 27.9. The highest BCUT2D eigenvalue weighted by Gasteiger charge is 2.39. The van der Waals surface area contributed by atoms with Crippen molar-refractivity contribution in [1.29, 1.82) is 0 Å². The summed E-state index contributed by atoms with van der Waals surface area (Å²) < 4.78 is 86.6. The third-order valence-corrected chi connectivity index (χ3v) is 9.62. The van der Waals surface area contributed by atoms with Gasteiger partial charge in [-0.05, 0) is 58.0 Å². The summed E-state index contributed by atoms with van der Waals surface area (Å²) in [4.78, 5) is 48.6. The van der Waals surface area contributed by atoms with Crippen LogP contribution < -0.4 is 16.0 Å². The van der Waals surface area contributed by atoms with Crippen molar-refractivity contribution in [1.82, 2.24) is 24.7 Å². The van der Waals surface area contributed by atoms with E-state index in [2.05, 4.69) is 26.1 Å². The second-order valence-electron chi connectivity index (χ2n) is 11.9. The second-order valence-corrected chi connectivity index (χ2v) is 13.9. The van der Waals surface area contributed by atoms with Crippen molar-refractivity contribution in [2.24, 2.45) is 5.92 Å². The summed E-state index contributed by atoms with van der Waals surface area (Å²) in [6, 6.07) is 5.72. The molecule has 0 bridgehead atoms. The summed E-state index contributed by atoms with van der Waals surface area (Å²) in [7, 11) is -0.0997. The van der Waals surface area contributed by atoms with Gasteiger partial charge in [0.1, 0.15) is 5.69 Å². The maximum atomic E-state index is 13.4. The number of hydrogen-bond acceptors (Lipinski definition) is 8. The molecule has 2 aliphatic rings. The van der Waals surface area contributed by atoms with Crippen LogP contribution in [0, 0.1) is 5.92 Å². The number of aromatic nitrogens is 2. The Balaban J connectivity index is 0.000000872. The van der Waals surface area contributed by atoms with Gasteiger partial charge in [-0.15, -0.1) is 0 Å². The molecule has 1 aromatic heterocycles. The number of aromatic amines is 1. The molecular formula is C30H38F5N7O7S. The van der Waals surface area contributed by atoms with Crippen molar-refractivity contribution >= 4 is 45.1 Å². The number of likely N-dealkylation sites (N-methyl/N-ethyl adjacent to an activating group) is 1. The number of rotatable bonds is 10. The number of amides is 3. The minimum absolute atomic E-state index is 0.0277. The number of carbonyl (C=O) groups excluding carboxylic acids is 3. The van der Waals surface area contributed by atoms with Crippen molar-refractivity contribution in [3.05, 3.63) is 48.3 Å². The molecule has 1 aliphatic heterocycles. The fourth-order valence-electron chi connectivity index (χ4n) is 5.03. The topological polar surface area (TPSA) is 194 Å². The van der Waals surface area contributed by atoms with Crippen LogP contribution in [0.1, 0.15) is 49.0 Å². The molecule has 0 atom stereocenters. The van der Waals surface area contributed by atoms with E-state index in [1.54, 1.807) is 18.2 Å². The largest absolute Gasteiger partial charge is 0.490 e. The van der Waals surface area contributed by atoms with Crippen LogP contribution >= 0.6 is 0 Å². The third kappa shape index (κ3) is 11.9. The number of carboxylic acids is 1. The highest BCUT2D eigenvalue weighted by molar-refractivity contribution is 7.89. The maximum Gasteiger partial charge on any atom is 0.490 e. The average molecular weight is 736 g/mol. The number of nitrogens with zero attached hydrogens (tertiary/aromatic N) is 3. The lowest BCUT2D eigenvalue weighted by molar-refractivity contribution is -0.192. The Labute approximate surface area is 284 Å². The number of aliphatic carboxylic acids is 1. The van der Waals surface area contributed by atoms with Crippen molar-refractivity contribution in [2.75, 3.05) is 44.4 Å². The third-order valence-electron chi connectivity index (χ3n) is 7.72. The van der Waals surface area contributed by atoms with E-state index in [9.17, 15) is 44.8 Å². The van der Waals surface area contributed by atoms with Crippen LogP contribution in [0.2, 0.25) is 0 Å². The molecule has 2 fully saturated rings. The smallest absolute Gasteiger partial charge is 0.475 e. The van der Waals surface area contributed by atoms with Gasteiger partial charge in [-0.25, -0.2) is 22.0 Å². The maximum absolute atomic E-state index is 13.4. The van der Waals surface area contributed by atoms with Crippen LogP contribution in [-0.4, -0.2) is 108 Å². The van der Waals surface area contributed by atoms with Crippen LogP contribution in [0.15, 0.2) is 47.5 Å². The first-order valence-corrected chi connectivity index (χ1v) is 16.8. The van der Waals surface area contributed by atoms with Crippen molar-refractivity contribution < 1.29 is 54.7 Å². The molecule has 1 aliphatic carbocycles. The summed E-state index contributed by atoms with van der Waals surface area (Å²) in [5, 5.41) is 21.7. The Hall–Kier alpha value is -4.43. The minimum atomic E-state index is -5.08. The Kier molecular flexibility index (Phi) is 13.6. The van der Waals surface area contributed by atoms with Gasteiger partial charge in [0.05, 0.1) is 16.8 Å². The minimum Gasteiger partial charge on any atom is -0.475 e. The predicted octanol–water partition coefficient (Wildman–Crippen LogP) is 3.45. The number of sulfonamides is 1. The Bertz CT molecular complexity index is 1650. The van der Waals surface area contributed by atoms with Gasteiger partial charge in [0.25, 0.3) is 5.91 Å². The summed E-state index contributed by atoms with van der Waals surface area (Å²) in [5.74, 6) is -7.41. The number of carbonyl (C=O) groups is 4. The predicted molar refractivity (Wildman–Crippen MR) is 170 cm³/mol. The summed E-state index contributed by atoms with van der Waals surface area (Å²) in [6.45, 7) is 0.913. The molecule has 50 heavy (non-hydrogen) atoms. The fraction of sp³-hybridized carbons (Fsp3) is 0.500. The van der Waals surface area contributed by atoms with Gasteiger partial charge < -0.3 is 26.0 Å². The van der Waals surface area contributed by atoms with E-state index in [1.807, 2.05) is 19.0 Å². The quantitative estimate of drug-likeness (QED) is 0.180. The van der Waals surface area contributed by atoms with E-state index in [-0.39, 0.29) is 67.0 Å². The van der Waals surface area contributed by atoms with Gasteiger partial charge in [-0.3, -0.25) is 19.5 Å². The number of halogens is 5. The average Bonchev–Trinajstić information content (AvgIpc) is 3.49. The Morgan fingerprint density at radius 3 is 2.28 bits per heavy atom. The molecule has 2 heterocycles. The van der Waals surface area contributed by atoms with Gasteiger partial charge >= 0.3 is 12.1 Å². The standard InChI is InChI=1S/C28H37F2N7O5S.C2HF3O2/c1-36(2)14-4-7-24(38)32-21-5-3-6-22(17-21)43(41,42)37-15-10-20(11-16-37)33-27(40)25-23(18-31-35-25)34-26(39)19-8-12-28(29,30)13-9-19;3-2(4,5)1(6)7/h3-7,17-20H,8-16H2,1-2H3,(H,31,35)(H,32,38)(H,33,40)(H,34,39);(H,6,7)/b7-4+;. The van der Waals surface area contributed by atoms with Crippen molar-refractivity contribution in [3.8, 4) is 0 Å². The molecule has 1 saturated carbocycles. The summed E-state index contributed by atoms with van der Waals surface area (Å²) >= 11 is 0. The van der Waals surface area contributed by atoms with Crippen LogP contribution in [-0.2, 0) is 24.4 Å².